The number of carbonyl (C=O) groups excluding carboxylic acids is 3. The molecule has 3 rings (SSSR count). The van der Waals surface area contributed by atoms with Crippen LogP contribution in [0.1, 0.15) is 51.1 Å². The largest absolute Gasteiger partial charge is 0.462 e. The first-order valence-corrected chi connectivity index (χ1v) is 8.44. The van der Waals surface area contributed by atoms with Gasteiger partial charge in [-0.1, -0.05) is 18.2 Å². The number of benzene rings is 1. The summed E-state index contributed by atoms with van der Waals surface area (Å²) in [6.07, 6.45) is 1.94. The monoisotopic (exact) mass is 353 g/mol. The second kappa shape index (κ2) is 7.77. The average Bonchev–Trinajstić information content (AvgIpc) is 3.46. The Balaban J connectivity index is 1.76. The highest BCUT2D eigenvalue weighted by Gasteiger charge is 2.24. The molecule has 1 heterocycles. The van der Waals surface area contributed by atoms with E-state index in [1.807, 2.05) is 0 Å². The molecule has 7 nitrogen and oxygen atoms in total. The van der Waals surface area contributed by atoms with Gasteiger partial charge in [-0.25, -0.2) is 9.78 Å². The zero-order valence-electron chi connectivity index (χ0n) is 14.3. The van der Waals surface area contributed by atoms with E-state index in [4.69, 9.17) is 4.74 Å². The van der Waals surface area contributed by atoms with Crippen LogP contribution in [-0.2, 0) is 4.74 Å². The van der Waals surface area contributed by atoms with Crippen LogP contribution in [0.5, 0.6) is 0 Å². The third-order valence-corrected chi connectivity index (χ3v) is 3.80. The molecule has 1 aromatic heterocycles. The Morgan fingerprint density at radius 1 is 1.04 bits per heavy atom. The van der Waals surface area contributed by atoms with E-state index in [9.17, 15) is 14.4 Å². The minimum absolute atomic E-state index is 0.0899. The number of amides is 2. The molecule has 2 aromatic rings. The first-order valence-electron chi connectivity index (χ1n) is 8.44. The van der Waals surface area contributed by atoms with Gasteiger partial charge in [-0.15, -0.1) is 0 Å². The van der Waals surface area contributed by atoms with Crippen molar-refractivity contribution in [3.8, 4) is 0 Å². The van der Waals surface area contributed by atoms with Crippen LogP contribution in [0, 0.1) is 0 Å². The zero-order valence-corrected chi connectivity index (χ0v) is 14.3. The van der Waals surface area contributed by atoms with Crippen molar-refractivity contribution in [2.24, 2.45) is 0 Å². The fourth-order valence-electron chi connectivity index (χ4n) is 2.34. The third-order valence-electron chi connectivity index (χ3n) is 3.80. The van der Waals surface area contributed by atoms with Crippen molar-refractivity contribution >= 4 is 23.5 Å². The molecule has 26 heavy (non-hydrogen) atoms. The summed E-state index contributed by atoms with van der Waals surface area (Å²) in [5, 5.41) is 5.48. The molecule has 0 spiro atoms. The molecule has 1 aliphatic carbocycles. The molecule has 0 unspecified atom stereocenters. The predicted octanol–water partition coefficient (Wildman–Crippen LogP) is 2.40. The van der Waals surface area contributed by atoms with Gasteiger partial charge in [-0.05, 0) is 44.0 Å². The minimum atomic E-state index is -0.520. The number of nitrogens with one attached hydrogen (secondary N) is 2. The van der Waals surface area contributed by atoms with Crippen LogP contribution in [0.15, 0.2) is 42.5 Å². The second-order valence-corrected chi connectivity index (χ2v) is 5.88. The Morgan fingerprint density at radius 2 is 1.73 bits per heavy atom. The summed E-state index contributed by atoms with van der Waals surface area (Å²) in [6.45, 7) is 1.95. The van der Waals surface area contributed by atoms with E-state index >= 15 is 0 Å². The number of hydrogen-bond donors (Lipinski definition) is 2. The number of carbonyl (C=O) groups is 3. The van der Waals surface area contributed by atoms with E-state index in [1.54, 1.807) is 43.3 Å². The zero-order chi connectivity index (χ0) is 18.5. The standard InChI is InChI=1S/C19H19N3O4/c1-2-26-19(25)13-6-3-4-7-14(13)22-18(24)16-9-5-8-15(21-16)17(23)20-12-10-11-12/h3-9,12H,2,10-11H2,1H3,(H,20,23)(H,22,24). The summed E-state index contributed by atoms with van der Waals surface area (Å²) in [5.74, 6) is -1.33. The molecule has 134 valence electrons. The number of nitrogens with zero attached hydrogens (tertiary/aromatic N) is 1. The van der Waals surface area contributed by atoms with Gasteiger partial charge in [0.05, 0.1) is 17.9 Å². The molecule has 1 saturated carbocycles. The fourth-order valence-corrected chi connectivity index (χ4v) is 2.34. The number of para-hydroxylation sites is 1. The summed E-state index contributed by atoms with van der Waals surface area (Å²) in [6, 6.07) is 11.4. The van der Waals surface area contributed by atoms with Gasteiger partial charge in [-0.2, -0.15) is 0 Å². The molecule has 1 aliphatic rings. The summed E-state index contributed by atoms with van der Waals surface area (Å²) < 4.78 is 4.99. The van der Waals surface area contributed by atoms with Crippen molar-refractivity contribution in [1.82, 2.24) is 10.3 Å². The predicted molar refractivity (Wildman–Crippen MR) is 95.1 cm³/mol. The fraction of sp³-hybridized carbons (Fsp3) is 0.263. The Kier molecular flexibility index (Phi) is 5.26. The van der Waals surface area contributed by atoms with E-state index in [2.05, 4.69) is 15.6 Å². The van der Waals surface area contributed by atoms with Crippen molar-refractivity contribution in [1.29, 1.82) is 0 Å². The molecule has 1 aromatic carbocycles. The Hall–Kier alpha value is -3.22. The normalized spacial score (nSPS) is 13.0. The molecule has 0 aliphatic heterocycles. The molecule has 7 heteroatoms. The molecule has 0 saturated heterocycles. The van der Waals surface area contributed by atoms with Gasteiger partial charge in [0, 0.05) is 6.04 Å². The first kappa shape index (κ1) is 17.6. The Morgan fingerprint density at radius 3 is 2.42 bits per heavy atom. The highest BCUT2D eigenvalue weighted by Crippen LogP contribution is 2.19. The highest BCUT2D eigenvalue weighted by molar-refractivity contribution is 6.07. The van der Waals surface area contributed by atoms with Crippen molar-refractivity contribution in [3.63, 3.8) is 0 Å². The summed E-state index contributed by atoms with van der Waals surface area (Å²) in [4.78, 5) is 40.7. The van der Waals surface area contributed by atoms with Crippen molar-refractivity contribution in [3.05, 3.63) is 59.4 Å². The van der Waals surface area contributed by atoms with E-state index < -0.39 is 11.9 Å². The number of esters is 1. The van der Waals surface area contributed by atoms with Gasteiger partial charge in [0.15, 0.2) is 0 Å². The minimum Gasteiger partial charge on any atom is -0.462 e. The summed E-state index contributed by atoms with van der Waals surface area (Å²) in [7, 11) is 0. The molecule has 0 radical (unpaired) electrons. The number of rotatable bonds is 6. The Labute approximate surface area is 150 Å². The van der Waals surface area contributed by atoms with Gasteiger partial charge in [-0.3, -0.25) is 9.59 Å². The molecule has 2 amide bonds. The van der Waals surface area contributed by atoms with Gasteiger partial charge >= 0.3 is 5.97 Å². The number of ether oxygens (including phenoxy) is 1. The lowest BCUT2D eigenvalue weighted by Gasteiger charge is -2.10. The SMILES string of the molecule is CCOC(=O)c1ccccc1NC(=O)c1cccc(C(=O)NC2CC2)n1. The van der Waals surface area contributed by atoms with Crippen LogP contribution >= 0.6 is 0 Å². The maximum atomic E-state index is 12.5. The molecule has 0 bridgehead atoms. The van der Waals surface area contributed by atoms with Gasteiger partial charge in [0.25, 0.3) is 11.8 Å². The summed E-state index contributed by atoms with van der Waals surface area (Å²) in [5.41, 5.74) is 0.853. The molecule has 2 N–H and O–H groups in total. The van der Waals surface area contributed by atoms with Crippen LogP contribution in [0.3, 0.4) is 0 Å². The average molecular weight is 353 g/mol. The van der Waals surface area contributed by atoms with Gasteiger partial charge in [0.2, 0.25) is 0 Å². The van der Waals surface area contributed by atoms with Crippen molar-refractivity contribution in [2.45, 2.75) is 25.8 Å². The van der Waals surface area contributed by atoms with E-state index in [0.717, 1.165) is 12.8 Å². The van der Waals surface area contributed by atoms with Crippen LogP contribution in [0.25, 0.3) is 0 Å². The van der Waals surface area contributed by atoms with Crippen LogP contribution in [0.2, 0.25) is 0 Å². The maximum Gasteiger partial charge on any atom is 0.340 e. The number of anilines is 1. The van der Waals surface area contributed by atoms with Gasteiger partial charge < -0.3 is 15.4 Å². The van der Waals surface area contributed by atoms with E-state index in [1.165, 1.54) is 6.07 Å². The smallest absolute Gasteiger partial charge is 0.340 e. The first-order chi connectivity index (χ1) is 12.6. The van der Waals surface area contributed by atoms with Crippen LogP contribution < -0.4 is 10.6 Å². The van der Waals surface area contributed by atoms with Crippen molar-refractivity contribution < 1.29 is 19.1 Å². The molecule has 1 fully saturated rings. The van der Waals surface area contributed by atoms with Crippen molar-refractivity contribution in [2.75, 3.05) is 11.9 Å². The number of pyridine rings is 1. The molecule has 0 atom stereocenters. The number of aromatic nitrogens is 1. The lowest BCUT2D eigenvalue weighted by atomic mass is 10.1. The quantitative estimate of drug-likeness (QED) is 0.777. The maximum absolute atomic E-state index is 12.5. The van der Waals surface area contributed by atoms with E-state index in [-0.39, 0.29) is 35.5 Å². The van der Waals surface area contributed by atoms with Gasteiger partial charge in [0.1, 0.15) is 11.4 Å². The third kappa shape index (κ3) is 4.24. The number of hydrogen-bond acceptors (Lipinski definition) is 5. The van der Waals surface area contributed by atoms with E-state index in [0.29, 0.717) is 5.69 Å². The topological polar surface area (TPSA) is 97.4 Å². The van der Waals surface area contributed by atoms with Crippen LogP contribution in [-0.4, -0.2) is 35.4 Å². The van der Waals surface area contributed by atoms with Crippen LogP contribution in [0.4, 0.5) is 5.69 Å². The lowest BCUT2D eigenvalue weighted by Crippen LogP contribution is -2.27. The lowest BCUT2D eigenvalue weighted by molar-refractivity contribution is 0.0527. The highest BCUT2D eigenvalue weighted by atomic mass is 16.5. The second-order valence-electron chi connectivity index (χ2n) is 5.88. The Bertz CT molecular complexity index is 846. The summed E-state index contributed by atoms with van der Waals surface area (Å²) >= 11 is 0. The molecular formula is C19H19N3O4. The molecular weight excluding hydrogens is 334 g/mol.